The van der Waals surface area contributed by atoms with E-state index in [1.54, 1.807) is 10.6 Å². The van der Waals surface area contributed by atoms with E-state index < -0.39 is 23.4 Å². The van der Waals surface area contributed by atoms with Crippen molar-refractivity contribution in [3.8, 4) is 17.3 Å². The highest BCUT2D eigenvalue weighted by molar-refractivity contribution is 5.88. The fourth-order valence-electron chi connectivity index (χ4n) is 4.62. The van der Waals surface area contributed by atoms with Crippen LogP contribution in [0.25, 0.3) is 27.3 Å². The first kappa shape index (κ1) is 27.8. The van der Waals surface area contributed by atoms with Crippen LogP contribution in [0.15, 0.2) is 54.7 Å². The van der Waals surface area contributed by atoms with Crippen LogP contribution < -0.4 is 4.74 Å². The third-order valence-electron chi connectivity index (χ3n) is 6.99. The summed E-state index contributed by atoms with van der Waals surface area (Å²) in [5.74, 6) is -2.80. The number of benzene rings is 2. The van der Waals surface area contributed by atoms with Crippen LogP contribution in [0.1, 0.15) is 33.9 Å². The molecule has 1 fully saturated rings. The SMILES string of the molecule is [C-]#[N+]c1ccc(COc2ncc(F)c(-c3ccc(Cc4nc5ccc(C(=O)O)nc5n4C[C@@H]4CCO4)c(F)c3)n2)c(F)c1. The highest BCUT2D eigenvalue weighted by atomic mass is 19.1. The number of carboxylic acid groups (broad SMARTS) is 1. The molecular formula is C30H21F3N6O4. The van der Waals surface area contributed by atoms with Crippen LogP contribution >= 0.6 is 0 Å². The molecule has 4 heterocycles. The quantitative estimate of drug-likeness (QED) is 0.225. The molecule has 5 aromatic rings. The third kappa shape index (κ3) is 5.73. The summed E-state index contributed by atoms with van der Waals surface area (Å²) in [6, 6.07) is 10.7. The Kier molecular flexibility index (Phi) is 7.43. The van der Waals surface area contributed by atoms with Crippen LogP contribution in [0.3, 0.4) is 0 Å². The molecule has 2 aromatic carbocycles. The number of hydrogen-bond donors (Lipinski definition) is 1. The smallest absolute Gasteiger partial charge is 0.354 e. The average molecular weight is 587 g/mol. The second-order valence-corrected chi connectivity index (χ2v) is 9.77. The molecule has 0 spiro atoms. The van der Waals surface area contributed by atoms with E-state index >= 15 is 4.39 Å². The Morgan fingerprint density at radius 1 is 1.05 bits per heavy atom. The van der Waals surface area contributed by atoms with Crippen molar-refractivity contribution >= 4 is 22.8 Å². The van der Waals surface area contributed by atoms with Crippen molar-refractivity contribution in [3.63, 3.8) is 0 Å². The topological polar surface area (TPSA) is 117 Å². The van der Waals surface area contributed by atoms with Crippen LogP contribution in [0.4, 0.5) is 18.9 Å². The molecule has 1 aliphatic heterocycles. The van der Waals surface area contributed by atoms with Crippen molar-refractivity contribution in [2.24, 2.45) is 0 Å². The van der Waals surface area contributed by atoms with Gasteiger partial charge < -0.3 is 19.1 Å². The van der Waals surface area contributed by atoms with Crippen molar-refractivity contribution in [1.29, 1.82) is 0 Å². The van der Waals surface area contributed by atoms with Crippen molar-refractivity contribution in [3.05, 3.63) is 106 Å². The van der Waals surface area contributed by atoms with Gasteiger partial charge in [0.2, 0.25) is 0 Å². The lowest BCUT2D eigenvalue weighted by Gasteiger charge is -2.27. The Bertz CT molecular complexity index is 1920. The van der Waals surface area contributed by atoms with E-state index in [1.165, 1.54) is 30.3 Å². The monoisotopic (exact) mass is 586 g/mol. The van der Waals surface area contributed by atoms with Gasteiger partial charge >= 0.3 is 12.0 Å². The first-order valence-corrected chi connectivity index (χ1v) is 13.1. The van der Waals surface area contributed by atoms with Gasteiger partial charge in [-0.2, -0.15) is 4.98 Å². The number of pyridine rings is 1. The number of ether oxygens (including phenoxy) is 2. The zero-order valence-corrected chi connectivity index (χ0v) is 22.3. The summed E-state index contributed by atoms with van der Waals surface area (Å²) >= 11 is 0. The molecule has 0 aliphatic carbocycles. The van der Waals surface area contributed by atoms with Gasteiger partial charge in [0.15, 0.2) is 22.8 Å². The summed E-state index contributed by atoms with van der Waals surface area (Å²) in [5, 5.41) is 9.39. The lowest BCUT2D eigenvalue weighted by Crippen LogP contribution is -2.32. The number of fused-ring (bicyclic) bond motifs is 1. The fourth-order valence-corrected chi connectivity index (χ4v) is 4.62. The largest absolute Gasteiger partial charge is 0.477 e. The summed E-state index contributed by atoms with van der Waals surface area (Å²) in [4.78, 5) is 31.3. The van der Waals surface area contributed by atoms with Gasteiger partial charge in [-0.1, -0.05) is 24.3 Å². The van der Waals surface area contributed by atoms with E-state index in [4.69, 9.17) is 16.0 Å². The van der Waals surface area contributed by atoms with E-state index in [9.17, 15) is 18.7 Å². The van der Waals surface area contributed by atoms with Gasteiger partial charge in [0.25, 0.3) is 0 Å². The van der Waals surface area contributed by atoms with E-state index in [0.717, 1.165) is 24.8 Å². The predicted molar refractivity (Wildman–Crippen MR) is 146 cm³/mol. The molecule has 0 amide bonds. The number of aromatic nitrogens is 5. The number of carbonyl (C=O) groups is 1. The van der Waals surface area contributed by atoms with Gasteiger partial charge in [-0.3, -0.25) is 0 Å². The number of hydrogen-bond acceptors (Lipinski definition) is 7. The molecule has 1 N–H and O–H groups in total. The minimum atomic E-state index is -1.18. The third-order valence-corrected chi connectivity index (χ3v) is 6.99. The summed E-state index contributed by atoms with van der Waals surface area (Å²) < 4.78 is 57.0. The molecule has 6 rings (SSSR count). The van der Waals surface area contributed by atoms with Crippen molar-refractivity contribution in [2.45, 2.75) is 32.1 Å². The van der Waals surface area contributed by atoms with Gasteiger partial charge in [-0.15, -0.1) is 0 Å². The molecule has 0 unspecified atom stereocenters. The number of imidazole rings is 1. The molecule has 1 saturated heterocycles. The van der Waals surface area contributed by atoms with Crippen LogP contribution in [-0.4, -0.2) is 48.3 Å². The maximum Gasteiger partial charge on any atom is 0.354 e. The van der Waals surface area contributed by atoms with Crippen LogP contribution in [0.5, 0.6) is 6.01 Å². The second kappa shape index (κ2) is 11.5. The highest BCUT2D eigenvalue weighted by Gasteiger charge is 2.24. The summed E-state index contributed by atoms with van der Waals surface area (Å²) in [6.07, 6.45) is 1.66. The molecule has 0 saturated carbocycles. The van der Waals surface area contributed by atoms with E-state index in [1.807, 2.05) is 0 Å². The standard InChI is InChI=1S/C30H21F3N6O4/c1-34-19-5-4-18(22(32)12-19)15-43-30-35-13-23(33)27(38-30)17-3-2-16(21(31)10-17)11-26-36-24-6-7-25(29(40)41)37-28(24)39(26)14-20-8-9-42-20/h2-7,10,12-13,20H,8-9,11,14-15H2,(H,40,41)/t20-/m0/s1. The van der Waals surface area contributed by atoms with Crippen molar-refractivity contribution in [1.82, 2.24) is 24.5 Å². The molecule has 1 atom stereocenters. The maximum absolute atomic E-state index is 15.4. The number of rotatable bonds is 9. The lowest BCUT2D eigenvalue weighted by atomic mass is 10.1. The predicted octanol–water partition coefficient (Wildman–Crippen LogP) is 5.51. The van der Waals surface area contributed by atoms with Crippen molar-refractivity contribution < 1.29 is 32.5 Å². The Labute approximate surface area is 242 Å². The number of carboxylic acids is 1. The van der Waals surface area contributed by atoms with Gasteiger partial charge in [0.1, 0.15) is 35.3 Å². The molecule has 0 radical (unpaired) electrons. The minimum Gasteiger partial charge on any atom is -0.477 e. The van der Waals surface area contributed by atoms with Crippen LogP contribution in [0, 0.1) is 24.0 Å². The van der Waals surface area contributed by atoms with Crippen LogP contribution in [-0.2, 0) is 24.3 Å². The summed E-state index contributed by atoms with van der Waals surface area (Å²) in [7, 11) is 0. The first-order chi connectivity index (χ1) is 20.8. The number of nitrogens with zero attached hydrogens (tertiary/aromatic N) is 6. The Hall–Kier alpha value is -5.35. The van der Waals surface area contributed by atoms with Gasteiger partial charge in [-0.25, -0.2) is 37.8 Å². The number of halogens is 3. The summed E-state index contributed by atoms with van der Waals surface area (Å²) in [6.45, 7) is 7.69. The molecule has 0 bridgehead atoms. The Morgan fingerprint density at radius 3 is 2.53 bits per heavy atom. The highest BCUT2D eigenvalue weighted by Crippen LogP contribution is 2.27. The Morgan fingerprint density at radius 2 is 1.84 bits per heavy atom. The van der Waals surface area contributed by atoms with Crippen molar-refractivity contribution in [2.75, 3.05) is 6.61 Å². The molecule has 13 heteroatoms. The average Bonchev–Trinajstić information content (AvgIpc) is 3.31. The molecule has 216 valence electrons. The van der Waals surface area contributed by atoms with E-state index in [-0.39, 0.29) is 58.9 Å². The van der Waals surface area contributed by atoms with Gasteiger partial charge in [0, 0.05) is 24.2 Å². The van der Waals surface area contributed by atoms with Gasteiger partial charge in [-0.05, 0) is 36.2 Å². The first-order valence-electron chi connectivity index (χ1n) is 13.1. The van der Waals surface area contributed by atoms with Crippen LogP contribution in [0.2, 0.25) is 0 Å². The summed E-state index contributed by atoms with van der Waals surface area (Å²) in [5.41, 5.74) is 1.17. The zero-order chi connectivity index (χ0) is 30.1. The zero-order valence-electron chi connectivity index (χ0n) is 22.3. The fraction of sp³-hybridized carbons (Fsp3) is 0.200. The number of aromatic carboxylic acids is 1. The molecule has 3 aromatic heterocycles. The van der Waals surface area contributed by atoms with Gasteiger partial charge in [0.05, 0.1) is 25.4 Å². The normalized spacial score (nSPS) is 14.3. The molecule has 10 nitrogen and oxygen atoms in total. The Balaban J connectivity index is 1.25. The molecule has 43 heavy (non-hydrogen) atoms. The van der Waals surface area contributed by atoms with E-state index in [2.05, 4.69) is 24.8 Å². The maximum atomic E-state index is 15.4. The minimum absolute atomic E-state index is 0.0517. The molecule has 1 aliphatic rings. The van der Waals surface area contributed by atoms with E-state index in [0.29, 0.717) is 30.1 Å². The second-order valence-electron chi connectivity index (χ2n) is 9.77. The molecular weight excluding hydrogens is 565 g/mol. The lowest BCUT2D eigenvalue weighted by molar-refractivity contribution is -0.0590.